The Morgan fingerprint density at radius 2 is 1.92 bits per heavy atom. The number of aromatic nitrogens is 1. The van der Waals surface area contributed by atoms with Gasteiger partial charge in [0.2, 0.25) is 5.91 Å². The van der Waals surface area contributed by atoms with E-state index in [1.807, 2.05) is 6.07 Å². The number of nitrogens with two attached hydrogens (primary N) is 1. The molecule has 2 fully saturated rings. The monoisotopic (exact) mass is 344 g/mol. The van der Waals surface area contributed by atoms with E-state index in [0.29, 0.717) is 11.6 Å². The number of carboxylic acid groups (broad SMARTS) is 1. The topological polar surface area (TPSA) is 120 Å². The maximum Gasteiger partial charge on any atom is 0.320 e. The third-order valence-corrected chi connectivity index (χ3v) is 4.79. The number of hydrogen-bond acceptors (Lipinski definition) is 5. The summed E-state index contributed by atoms with van der Waals surface area (Å²) in [4.78, 5) is 27.4. The van der Waals surface area contributed by atoms with Gasteiger partial charge in [-0.05, 0) is 44.4 Å². The van der Waals surface area contributed by atoms with E-state index in [2.05, 4.69) is 9.88 Å². The molecule has 7 nitrogen and oxygen atoms in total. The Labute approximate surface area is 147 Å². The van der Waals surface area contributed by atoms with Gasteiger partial charge in [0, 0.05) is 12.2 Å². The van der Waals surface area contributed by atoms with Gasteiger partial charge in [-0.3, -0.25) is 14.5 Å². The molecule has 1 aromatic rings. The quantitative estimate of drug-likeness (QED) is 0.864. The smallest absolute Gasteiger partial charge is 0.320 e. The zero-order valence-corrected chi connectivity index (χ0v) is 14.2. The molecule has 0 aromatic carbocycles. The predicted molar refractivity (Wildman–Crippen MR) is 91.7 cm³/mol. The highest BCUT2D eigenvalue weighted by atomic mass is 16.4. The molecule has 25 heavy (non-hydrogen) atoms. The maximum absolute atomic E-state index is 11.0. The standard InChI is InChI=1S/C11H19NO2.C7H5N3O/c13-11(14)10-7-4-8-12(10)9-5-2-1-3-6-9;8-3-6-2-1-5(4-10-6)7(9)11/h9-10H,1-8H2,(H,13,14);1-2,4H,(H2,9,11)/t10-;/m0./s1. The Bertz CT molecular complexity index is 633. The molecule has 1 aliphatic carbocycles. The molecule has 134 valence electrons. The summed E-state index contributed by atoms with van der Waals surface area (Å²) in [6.07, 6.45) is 9.52. The molecular formula is C18H24N4O3. The van der Waals surface area contributed by atoms with Gasteiger partial charge in [-0.1, -0.05) is 19.3 Å². The van der Waals surface area contributed by atoms with Crippen molar-refractivity contribution in [2.75, 3.05) is 6.54 Å². The lowest BCUT2D eigenvalue weighted by Crippen LogP contribution is -2.44. The van der Waals surface area contributed by atoms with Crippen LogP contribution in [0.15, 0.2) is 18.3 Å². The van der Waals surface area contributed by atoms with Crippen molar-refractivity contribution in [2.24, 2.45) is 5.73 Å². The average Bonchev–Trinajstić information content (AvgIpc) is 3.13. The van der Waals surface area contributed by atoms with Gasteiger partial charge >= 0.3 is 5.97 Å². The van der Waals surface area contributed by atoms with E-state index in [0.717, 1.165) is 19.4 Å². The van der Waals surface area contributed by atoms with Crippen molar-refractivity contribution >= 4 is 11.9 Å². The van der Waals surface area contributed by atoms with Crippen LogP contribution in [0.3, 0.4) is 0 Å². The normalized spacial score (nSPS) is 21.0. The SMILES string of the molecule is N#Cc1ccc(C(N)=O)cn1.O=C(O)[C@@H]1CCCN1C1CCCCC1. The van der Waals surface area contributed by atoms with Crippen molar-refractivity contribution < 1.29 is 14.7 Å². The summed E-state index contributed by atoms with van der Waals surface area (Å²) in [5.74, 6) is -1.16. The molecule has 0 radical (unpaired) electrons. The molecule has 1 amide bonds. The second kappa shape index (κ2) is 9.14. The molecule has 0 bridgehead atoms. The number of carboxylic acids is 1. The first-order valence-corrected chi connectivity index (χ1v) is 8.67. The van der Waals surface area contributed by atoms with Crippen LogP contribution in [0.1, 0.15) is 61.0 Å². The van der Waals surface area contributed by atoms with E-state index in [4.69, 9.17) is 16.1 Å². The van der Waals surface area contributed by atoms with Crippen LogP contribution in [-0.2, 0) is 4.79 Å². The molecule has 0 spiro atoms. The highest BCUT2D eigenvalue weighted by Gasteiger charge is 2.35. The van der Waals surface area contributed by atoms with Gasteiger partial charge in [-0.15, -0.1) is 0 Å². The molecule has 3 rings (SSSR count). The van der Waals surface area contributed by atoms with E-state index in [1.54, 1.807) is 0 Å². The molecular weight excluding hydrogens is 320 g/mol. The lowest BCUT2D eigenvalue weighted by molar-refractivity contribution is -0.143. The number of nitrogens with zero attached hydrogens (tertiary/aromatic N) is 3. The van der Waals surface area contributed by atoms with Crippen molar-refractivity contribution in [2.45, 2.75) is 57.0 Å². The Kier molecular flexibility index (Phi) is 6.90. The number of nitriles is 1. The van der Waals surface area contributed by atoms with Crippen LogP contribution in [0.2, 0.25) is 0 Å². The second-order valence-corrected chi connectivity index (χ2v) is 6.43. The van der Waals surface area contributed by atoms with Crippen LogP contribution in [0.25, 0.3) is 0 Å². The highest BCUT2D eigenvalue weighted by Crippen LogP contribution is 2.29. The van der Waals surface area contributed by atoms with E-state index in [1.165, 1.54) is 50.4 Å². The van der Waals surface area contributed by atoms with Gasteiger partial charge in [0.25, 0.3) is 0 Å². The zero-order valence-electron chi connectivity index (χ0n) is 14.2. The van der Waals surface area contributed by atoms with Gasteiger partial charge in [0.1, 0.15) is 17.8 Å². The molecule has 1 aliphatic heterocycles. The predicted octanol–water partition coefficient (Wildman–Crippen LogP) is 1.92. The number of rotatable bonds is 3. The Morgan fingerprint density at radius 3 is 2.44 bits per heavy atom. The minimum Gasteiger partial charge on any atom is -0.480 e. The van der Waals surface area contributed by atoms with Crippen molar-refractivity contribution in [1.29, 1.82) is 5.26 Å². The van der Waals surface area contributed by atoms with Crippen LogP contribution in [0.4, 0.5) is 0 Å². The lowest BCUT2D eigenvalue weighted by Gasteiger charge is -2.33. The first-order chi connectivity index (χ1) is 12.0. The first kappa shape index (κ1) is 18.9. The van der Waals surface area contributed by atoms with Crippen molar-refractivity contribution in [3.05, 3.63) is 29.6 Å². The Morgan fingerprint density at radius 1 is 1.20 bits per heavy atom. The summed E-state index contributed by atoms with van der Waals surface area (Å²) in [5.41, 5.74) is 5.53. The number of carbonyl (C=O) groups excluding carboxylic acids is 1. The van der Waals surface area contributed by atoms with Gasteiger partial charge in [0.05, 0.1) is 5.56 Å². The number of primary amides is 1. The molecule has 1 aromatic heterocycles. The van der Waals surface area contributed by atoms with E-state index in [9.17, 15) is 9.59 Å². The first-order valence-electron chi connectivity index (χ1n) is 8.67. The lowest BCUT2D eigenvalue weighted by atomic mass is 9.94. The van der Waals surface area contributed by atoms with Crippen LogP contribution in [0, 0.1) is 11.3 Å². The highest BCUT2D eigenvalue weighted by molar-refractivity contribution is 5.92. The second-order valence-electron chi connectivity index (χ2n) is 6.43. The Balaban J connectivity index is 0.000000186. The van der Waals surface area contributed by atoms with E-state index >= 15 is 0 Å². The molecule has 0 unspecified atom stereocenters. The van der Waals surface area contributed by atoms with E-state index in [-0.39, 0.29) is 11.7 Å². The minimum atomic E-state index is -0.618. The van der Waals surface area contributed by atoms with Gasteiger partial charge < -0.3 is 10.8 Å². The van der Waals surface area contributed by atoms with Crippen molar-refractivity contribution in [1.82, 2.24) is 9.88 Å². The van der Waals surface area contributed by atoms with Gasteiger partial charge in [-0.25, -0.2) is 4.98 Å². The zero-order chi connectivity index (χ0) is 18.2. The van der Waals surface area contributed by atoms with E-state index < -0.39 is 11.9 Å². The molecule has 1 atom stereocenters. The largest absolute Gasteiger partial charge is 0.480 e. The maximum atomic E-state index is 11.0. The number of aliphatic carboxylic acids is 1. The summed E-state index contributed by atoms with van der Waals surface area (Å²) in [7, 11) is 0. The molecule has 2 aliphatic rings. The number of pyridine rings is 1. The summed E-state index contributed by atoms with van der Waals surface area (Å²) in [6, 6.07) is 5.12. The number of amides is 1. The average molecular weight is 344 g/mol. The fourth-order valence-electron chi connectivity index (χ4n) is 3.51. The van der Waals surface area contributed by atoms with Crippen LogP contribution < -0.4 is 5.73 Å². The van der Waals surface area contributed by atoms with Crippen molar-refractivity contribution in [3.63, 3.8) is 0 Å². The van der Waals surface area contributed by atoms with Gasteiger partial charge in [-0.2, -0.15) is 5.26 Å². The summed E-state index contributed by atoms with van der Waals surface area (Å²) in [5, 5.41) is 17.4. The number of carbonyl (C=O) groups is 2. The minimum absolute atomic E-state index is 0.182. The summed E-state index contributed by atoms with van der Waals surface area (Å²) >= 11 is 0. The van der Waals surface area contributed by atoms with Crippen molar-refractivity contribution in [3.8, 4) is 6.07 Å². The summed E-state index contributed by atoms with van der Waals surface area (Å²) in [6.45, 7) is 1.00. The third kappa shape index (κ3) is 5.26. The number of likely N-dealkylation sites (tertiary alicyclic amines) is 1. The fraction of sp³-hybridized carbons (Fsp3) is 0.556. The fourth-order valence-corrected chi connectivity index (χ4v) is 3.51. The molecule has 2 heterocycles. The van der Waals surface area contributed by atoms with Crippen LogP contribution in [0.5, 0.6) is 0 Å². The molecule has 7 heteroatoms. The number of hydrogen-bond donors (Lipinski definition) is 2. The van der Waals surface area contributed by atoms with Gasteiger partial charge in [0.15, 0.2) is 0 Å². The molecule has 1 saturated carbocycles. The molecule has 1 saturated heterocycles. The van der Waals surface area contributed by atoms with Crippen LogP contribution in [-0.4, -0.2) is 45.5 Å². The summed E-state index contributed by atoms with van der Waals surface area (Å²) < 4.78 is 0. The molecule has 3 N–H and O–H groups in total. The Hall–Kier alpha value is -2.46. The third-order valence-electron chi connectivity index (χ3n) is 4.79. The van der Waals surface area contributed by atoms with Crippen LogP contribution >= 0.6 is 0 Å².